The molecule has 0 bridgehead atoms. The summed E-state index contributed by atoms with van der Waals surface area (Å²) in [5, 5.41) is 8.28. The van der Waals surface area contributed by atoms with Crippen LogP contribution in [0.2, 0.25) is 0 Å². The van der Waals surface area contributed by atoms with E-state index in [1.165, 1.54) is 17.3 Å². The third-order valence-electron chi connectivity index (χ3n) is 6.45. The number of thioether (sulfide) groups is 1. The molecule has 0 spiro atoms. The van der Waals surface area contributed by atoms with Gasteiger partial charge in [0.1, 0.15) is 5.70 Å². The minimum atomic E-state index is -0.447. The summed E-state index contributed by atoms with van der Waals surface area (Å²) in [7, 11) is 0. The molecule has 0 heterocycles. The van der Waals surface area contributed by atoms with Gasteiger partial charge in [0.05, 0.1) is 5.25 Å². The van der Waals surface area contributed by atoms with Gasteiger partial charge in [-0.1, -0.05) is 54.1 Å². The Morgan fingerprint density at radius 3 is 2.12 bits per heavy atom. The van der Waals surface area contributed by atoms with Gasteiger partial charge in [-0.15, -0.1) is 11.8 Å². The summed E-state index contributed by atoms with van der Waals surface area (Å²) in [5.41, 5.74) is 6.05. The molecule has 0 aromatic heterocycles. The van der Waals surface area contributed by atoms with E-state index in [-0.39, 0.29) is 22.8 Å². The zero-order valence-electron chi connectivity index (χ0n) is 23.5. The molecule has 41 heavy (non-hydrogen) atoms. The van der Waals surface area contributed by atoms with E-state index in [0.29, 0.717) is 11.3 Å². The van der Waals surface area contributed by atoms with Crippen molar-refractivity contribution in [2.75, 3.05) is 10.6 Å². The van der Waals surface area contributed by atoms with Gasteiger partial charge in [-0.3, -0.25) is 14.4 Å². The molecule has 0 aliphatic heterocycles. The Kier molecular flexibility index (Phi) is 9.77. The van der Waals surface area contributed by atoms with Crippen LogP contribution in [0, 0.1) is 20.8 Å². The molecular formula is C34H33N3O3S. The van der Waals surface area contributed by atoms with Gasteiger partial charge in [0.2, 0.25) is 5.91 Å². The Morgan fingerprint density at radius 2 is 1.44 bits per heavy atom. The average molecular weight is 564 g/mol. The Morgan fingerprint density at radius 1 is 0.732 bits per heavy atom. The lowest BCUT2D eigenvalue weighted by molar-refractivity contribution is -0.115. The molecule has 0 saturated carbocycles. The summed E-state index contributed by atoms with van der Waals surface area (Å²) in [6.07, 6.45) is 1.66. The summed E-state index contributed by atoms with van der Waals surface area (Å²) >= 11 is 1.43. The van der Waals surface area contributed by atoms with E-state index in [1.54, 1.807) is 42.5 Å². The van der Waals surface area contributed by atoms with Crippen molar-refractivity contribution in [2.45, 2.75) is 37.8 Å². The largest absolute Gasteiger partial charge is 0.325 e. The van der Waals surface area contributed by atoms with Crippen molar-refractivity contribution in [2.24, 2.45) is 0 Å². The molecule has 0 saturated heterocycles. The average Bonchev–Trinajstić information content (AvgIpc) is 2.96. The number of hydrogen-bond acceptors (Lipinski definition) is 4. The van der Waals surface area contributed by atoms with Crippen LogP contribution in [0.25, 0.3) is 6.08 Å². The fraction of sp³-hybridized carbons (Fsp3) is 0.147. The fourth-order valence-electron chi connectivity index (χ4n) is 4.00. The molecular weight excluding hydrogens is 530 g/mol. The molecule has 3 amide bonds. The lowest BCUT2D eigenvalue weighted by Crippen LogP contribution is -2.30. The van der Waals surface area contributed by atoms with E-state index in [2.05, 4.69) is 16.0 Å². The molecule has 4 rings (SSSR count). The molecule has 1 atom stereocenters. The first-order chi connectivity index (χ1) is 19.7. The van der Waals surface area contributed by atoms with E-state index in [9.17, 15) is 14.4 Å². The quantitative estimate of drug-likeness (QED) is 0.149. The van der Waals surface area contributed by atoms with Crippen LogP contribution in [0.15, 0.2) is 108 Å². The van der Waals surface area contributed by atoms with Gasteiger partial charge < -0.3 is 16.0 Å². The fourth-order valence-corrected chi connectivity index (χ4v) is 4.87. The Balaban J connectivity index is 1.42. The minimum absolute atomic E-state index is 0.0873. The van der Waals surface area contributed by atoms with Gasteiger partial charge in [-0.05, 0) is 99.0 Å². The van der Waals surface area contributed by atoms with Gasteiger partial charge >= 0.3 is 0 Å². The first-order valence-electron chi connectivity index (χ1n) is 13.3. The molecule has 7 heteroatoms. The summed E-state index contributed by atoms with van der Waals surface area (Å²) in [5.74, 6) is -0.910. The maximum absolute atomic E-state index is 13.3. The lowest BCUT2D eigenvalue weighted by Gasteiger charge is -2.14. The highest BCUT2D eigenvalue weighted by Gasteiger charge is 2.17. The van der Waals surface area contributed by atoms with Gasteiger partial charge in [0.25, 0.3) is 11.8 Å². The minimum Gasteiger partial charge on any atom is -0.325 e. The van der Waals surface area contributed by atoms with Crippen LogP contribution in [0.1, 0.15) is 39.5 Å². The summed E-state index contributed by atoms with van der Waals surface area (Å²) < 4.78 is 0. The van der Waals surface area contributed by atoms with Gasteiger partial charge in [-0.2, -0.15) is 0 Å². The number of carbonyl (C=O) groups excluding carboxylic acids is 3. The molecule has 208 valence electrons. The second kappa shape index (κ2) is 13.6. The molecule has 4 aromatic carbocycles. The van der Waals surface area contributed by atoms with Gasteiger partial charge in [-0.25, -0.2) is 0 Å². The number of benzene rings is 4. The highest BCUT2D eigenvalue weighted by Crippen LogP contribution is 2.26. The normalized spacial score (nSPS) is 11.9. The molecule has 6 nitrogen and oxygen atoms in total. The molecule has 1 unspecified atom stereocenters. The van der Waals surface area contributed by atoms with Gasteiger partial charge in [0, 0.05) is 21.8 Å². The number of amides is 3. The number of rotatable bonds is 9. The van der Waals surface area contributed by atoms with Crippen LogP contribution >= 0.6 is 11.8 Å². The van der Waals surface area contributed by atoms with Crippen molar-refractivity contribution in [3.05, 3.63) is 131 Å². The third kappa shape index (κ3) is 8.43. The van der Waals surface area contributed by atoms with E-state index in [4.69, 9.17) is 0 Å². The molecule has 0 aliphatic rings. The number of anilines is 2. The van der Waals surface area contributed by atoms with Crippen LogP contribution in [-0.2, 0) is 9.59 Å². The van der Waals surface area contributed by atoms with E-state index in [0.717, 1.165) is 27.3 Å². The Bertz CT molecular complexity index is 1580. The zero-order valence-corrected chi connectivity index (χ0v) is 24.3. The van der Waals surface area contributed by atoms with E-state index < -0.39 is 5.91 Å². The van der Waals surface area contributed by atoms with Gasteiger partial charge in [0.15, 0.2) is 0 Å². The molecule has 0 aliphatic carbocycles. The Labute approximate surface area is 245 Å². The van der Waals surface area contributed by atoms with Crippen molar-refractivity contribution >= 4 is 46.9 Å². The molecule has 0 fully saturated rings. The van der Waals surface area contributed by atoms with E-state index in [1.807, 2.05) is 88.4 Å². The zero-order chi connectivity index (χ0) is 29.4. The van der Waals surface area contributed by atoms with Crippen LogP contribution in [0.5, 0.6) is 0 Å². The topological polar surface area (TPSA) is 87.3 Å². The predicted molar refractivity (Wildman–Crippen MR) is 168 cm³/mol. The maximum atomic E-state index is 13.3. The van der Waals surface area contributed by atoms with E-state index >= 15 is 0 Å². The second-order valence-corrected chi connectivity index (χ2v) is 11.2. The molecule has 0 radical (unpaired) electrons. The number of aryl methyl sites for hydroxylation is 3. The van der Waals surface area contributed by atoms with Crippen LogP contribution in [0.4, 0.5) is 11.4 Å². The molecule has 3 N–H and O–H groups in total. The van der Waals surface area contributed by atoms with Crippen molar-refractivity contribution in [3.63, 3.8) is 0 Å². The highest BCUT2D eigenvalue weighted by atomic mass is 32.2. The van der Waals surface area contributed by atoms with Crippen molar-refractivity contribution < 1.29 is 14.4 Å². The summed E-state index contributed by atoms with van der Waals surface area (Å²) in [6.45, 7) is 7.87. The monoisotopic (exact) mass is 563 g/mol. The second-order valence-electron chi connectivity index (χ2n) is 9.82. The number of hydrogen-bond donors (Lipinski definition) is 3. The highest BCUT2D eigenvalue weighted by molar-refractivity contribution is 8.00. The van der Waals surface area contributed by atoms with Crippen LogP contribution < -0.4 is 16.0 Å². The number of nitrogens with one attached hydrogen (secondary N) is 3. The third-order valence-corrected chi connectivity index (χ3v) is 7.56. The standard InChI is InChI=1S/C34H33N3O3S/c1-22-9-8-10-26(19-22)21-31(37-33(39)27-11-6-5-7-12-27)34(40)35-28-15-17-30(18-16-28)41-25(4)32(38)36-29-14-13-23(2)24(3)20-29/h5-21,25H,1-4H3,(H,35,40)(H,36,38)(H,37,39)/b31-21-. The predicted octanol–water partition coefficient (Wildman–Crippen LogP) is 7.14. The lowest BCUT2D eigenvalue weighted by atomic mass is 10.1. The number of carbonyl (C=O) groups is 3. The van der Waals surface area contributed by atoms with Crippen LogP contribution in [-0.4, -0.2) is 23.0 Å². The van der Waals surface area contributed by atoms with Crippen molar-refractivity contribution in [1.82, 2.24) is 5.32 Å². The summed E-state index contributed by atoms with van der Waals surface area (Å²) in [4.78, 5) is 39.8. The first kappa shape index (κ1) is 29.4. The smallest absolute Gasteiger partial charge is 0.272 e. The maximum Gasteiger partial charge on any atom is 0.272 e. The van der Waals surface area contributed by atoms with Crippen molar-refractivity contribution in [1.29, 1.82) is 0 Å². The SMILES string of the molecule is Cc1cccc(/C=C(\NC(=O)c2ccccc2)C(=O)Nc2ccc(SC(C)C(=O)Nc3ccc(C)c(C)c3)cc2)c1. The molecule has 4 aromatic rings. The van der Waals surface area contributed by atoms with Crippen molar-refractivity contribution in [3.8, 4) is 0 Å². The summed E-state index contributed by atoms with van der Waals surface area (Å²) in [6, 6.07) is 29.5. The van der Waals surface area contributed by atoms with Crippen LogP contribution in [0.3, 0.4) is 0 Å². The Hall–Kier alpha value is -4.62. The first-order valence-corrected chi connectivity index (χ1v) is 14.2.